The second kappa shape index (κ2) is 8.73. The van der Waals surface area contributed by atoms with Crippen molar-refractivity contribution in [2.45, 2.75) is 39.2 Å². The van der Waals surface area contributed by atoms with Gasteiger partial charge in [0.2, 0.25) is 5.88 Å². The average Bonchev–Trinajstić information content (AvgIpc) is 2.84. The number of nitrogens with one attached hydrogen (secondary N) is 1. The molecule has 0 saturated carbocycles. The standard InChI is InChI=1S/C28H29N3O4/c1-28(2)13-19(32)24-22(14-28)35-27-25(23(24)18-10-11-20(33-3)21(12-18)34-4)26(29)31(16-30-27)15-17-8-6-5-7-9-17/h5-12,16,23,29H,13-15H2,1-4H3/t23-/m1/s1. The van der Waals surface area contributed by atoms with Crippen LogP contribution in [-0.4, -0.2) is 29.6 Å². The minimum Gasteiger partial charge on any atom is -0.493 e. The summed E-state index contributed by atoms with van der Waals surface area (Å²) in [5.74, 6) is 1.75. The Kier molecular flexibility index (Phi) is 5.71. The van der Waals surface area contributed by atoms with Crippen LogP contribution < -0.4 is 19.7 Å². The van der Waals surface area contributed by atoms with E-state index in [1.807, 2.05) is 48.5 Å². The molecule has 1 atom stereocenters. The number of aromatic nitrogens is 2. The van der Waals surface area contributed by atoms with Crippen LogP contribution in [0.1, 0.15) is 49.3 Å². The molecule has 2 aliphatic rings. The third kappa shape index (κ3) is 4.11. The molecule has 0 radical (unpaired) electrons. The van der Waals surface area contributed by atoms with Gasteiger partial charge in [0.1, 0.15) is 17.6 Å². The molecule has 0 spiro atoms. The summed E-state index contributed by atoms with van der Waals surface area (Å²) in [4.78, 5) is 18.1. The largest absolute Gasteiger partial charge is 0.493 e. The Hall–Kier alpha value is -3.87. The first-order chi connectivity index (χ1) is 16.8. The van der Waals surface area contributed by atoms with Gasteiger partial charge in [0.15, 0.2) is 17.3 Å². The number of ether oxygens (including phenoxy) is 3. The van der Waals surface area contributed by atoms with Crippen molar-refractivity contribution in [3.05, 3.63) is 88.4 Å². The lowest BCUT2D eigenvalue weighted by Gasteiger charge is -2.38. The summed E-state index contributed by atoms with van der Waals surface area (Å²) in [5.41, 5.74) is 3.15. The highest BCUT2D eigenvalue weighted by molar-refractivity contribution is 6.00. The molecule has 35 heavy (non-hydrogen) atoms. The molecule has 1 N–H and O–H groups in total. The third-order valence-corrected chi connectivity index (χ3v) is 6.70. The van der Waals surface area contributed by atoms with Gasteiger partial charge in [-0.15, -0.1) is 0 Å². The Bertz CT molecular complexity index is 1390. The quantitative estimate of drug-likeness (QED) is 0.588. The van der Waals surface area contributed by atoms with Gasteiger partial charge in [-0.1, -0.05) is 50.2 Å². The van der Waals surface area contributed by atoms with Crippen molar-refractivity contribution in [1.29, 1.82) is 5.41 Å². The predicted octanol–water partition coefficient (Wildman–Crippen LogP) is 4.60. The Labute approximate surface area is 204 Å². The van der Waals surface area contributed by atoms with Crippen molar-refractivity contribution < 1.29 is 19.0 Å². The van der Waals surface area contributed by atoms with E-state index in [-0.39, 0.29) is 16.7 Å². The van der Waals surface area contributed by atoms with Crippen molar-refractivity contribution in [2.75, 3.05) is 14.2 Å². The van der Waals surface area contributed by atoms with Gasteiger partial charge in [0.25, 0.3) is 0 Å². The lowest BCUT2D eigenvalue weighted by Crippen LogP contribution is -2.37. The molecule has 2 aromatic carbocycles. The molecule has 0 fully saturated rings. The monoisotopic (exact) mass is 471 g/mol. The third-order valence-electron chi connectivity index (χ3n) is 6.70. The molecule has 3 aromatic rings. The van der Waals surface area contributed by atoms with Gasteiger partial charge in [-0.2, -0.15) is 0 Å². The van der Waals surface area contributed by atoms with Gasteiger partial charge in [-0.25, -0.2) is 4.98 Å². The van der Waals surface area contributed by atoms with E-state index in [1.165, 1.54) is 0 Å². The van der Waals surface area contributed by atoms with Crippen molar-refractivity contribution in [3.8, 4) is 17.4 Å². The Morgan fingerprint density at radius 3 is 2.54 bits per heavy atom. The van der Waals surface area contributed by atoms with Crippen LogP contribution in [0, 0.1) is 10.8 Å². The number of benzene rings is 2. The zero-order valence-corrected chi connectivity index (χ0v) is 20.4. The van der Waals surface area contributed by atoms with Crippen molar-refractivity contribution in [3.63, 3.8) is 0 Å². The molecule has 0 bridgehead atoms. The van der Waals surface area contributed by atoms with Crippen molar-refractivity contribution in [2.24, 2.45) is 5.41 Å². The molecule has 7 heteroatoms. The molecule has 7 nitrogen and oxygen atoms in total. The zero-order valence-electron chi connectivity index (χ0n) is 20.4. The number of nitrogens with zero attached hydrogens (tertiary/aromatic N) is 2. The average molecular weight is 472 g/mol. The highest BCUT2D eigenvalue weighted by atomic mass is 16.5. The fourth-order valence-corrected chi connectivity index (χ4v) is 5.06. The van der Waals surface area contributed by atoms with Crippen LogP contribution in [0.3, 0.4) is 0 Å². The van der Waals surface area contributed by atoms with E-state index >= 15 is 0 Å². The number of rotatable bonds is 5. The van der Waals surface area contributed by atoms with E-state index in [0.29, 0.717) is 53.7 Å². The predicted molar refractivity (Wildman–Crippen MR) is 131 cm³/mol. The number of fused-ring (bicyclic) bond motifs is 1. The molecular weight excluding hydrogens is 442 g/mol. The summed E-state index contributed by atoms with van der Waals surface area (Å²) in [6, 6.07) is 15.6. The van der Waals surface area contributed by atoms with Crippen molar-refractivity contribution in [1.82, 2.24) is 9.55 Å². The number of ketones is 1. The first-order valence-corrected chi connectivity index (χ1v) is 11.6. The number of hydrogen-bond acceptors (Lipinski definition) is 6. The number of Topliss-reactive ketones (excluding diaryl/α,β-unsaturated/α-hetero) is 1. The zero-order chi connectivity index (χ0) is 24.7. The van der Waals surface area contributed by atoms with Gasteiger partial charge in [0, 0.05) is 18.4 Å². The normalized spacial score (nSPS) is 18.4. The van der Waals surface area contributed by atoms with E-state index in [4.69, 9.17) is 19.6 Å². The molecular formula is C28H29N3O4. The highest BCUT2D eigenvalue weighted by Crippen LogP contribution is 2.49. The van der Waals surface area contributed by atoms with Crippen molar-refractivity contribution >= 4 is 5.78 Å². The molecule has 0 saturated heterocycles. The second-order valence-electron chi connectivity index (χ2n) is 9.85. The molecule has 0 unspecified atom stereocenters. The lowest BCUT2D eigenvalue weighted by molar-refractivity contribution is -0.118. The molecule has 1 aromatic heterocycles. The summed E-state index contributed by atoms with van der Waals surface area (Å²) < 4.78 is 19.0. The highest BCUT2D eigenvalue weighted by Gasteiger charge is 2.43. The number of hydrogen-bond donors (Lipinski definition) is 1. The molecule has 1 aliphatic heterocycles. The second-order valence-corrected chi connectivity index (χ2v) is 9.85. The number of allylic oxidation sites excluding steroid dienone is 2. The molecule has 2 heterocycles. The Balaban J connectivity index is 1.71. The maximum Gasteiger partial charge on any atom is 0.228 e. The summed E-state index contributed by atoms with van der Waals surface area (Å²) >= 11 is 0. The van der Waals surface area contributed by atoms with Crippen LogP contribution in [-0.2, 0) is 11.3 Å². The van der Waals surface area contributed by atoms with Gasteiger partial charge >= 0.3 is 0 Å². The minimum atomic E-state index is -0.486. The first-order valence-electron chi connectivity index (χ1n) is 11.6. The number of methoxy groups -OCH3 is 2. The maximum atomic E-state index is 13.5. The Morgan fingerprint density at radius 1 is 1.09 bits per heavy atom. The fraction of sp³-hybridized carbons (Fsp3) is 0.321. The Morgan fingerprint density at radius 2 is 1.83 bits per heavy atom. The SMILES string of the molecule is COc1ccc([C@@H]2C3=C(CC(C)(C)CC3=O)Oc3ncn(Cc4ccccc4)c(=N)c32)cc1OC. The minimum absolute atomic E-state index is 0.0412. The van der Waals surface area contributed by atoms with Gasteiger partial charge in [0.05, 0.1) is 32.2 Å². The van der Waals surface area contributed by atoms with Gasteiger partial charge in [-0.3, -0.25) is 10.2 Å². The van der Waals surface area contributed by atoms with E-state index in [2.05, 4.69) is 18.8 Å². The van der Waals surface area contributed by atoms with Gasteiger partial charge in [-0.05, 0) is 28.7 Å². The molecule has 180 valence electrons. The molecule has 1 aliphatic carbocycles. The van der Waals surface area contributed by atoms with Crippen LogP contribution in [0.15, 0.2) is 66.2 Å². The van der Waals surface area contributed by atoms with E-state index in [9.17, 15) is 4.79 Å². The van der Waals surface area contributed by atoms with Crippen LogP contribution in [0.25, 0.3) is 0 Å². The number of carbonyl (C=O) groups is 1. The molecule has 5 rings (SSSR count). The topological polar surface area (TPSA) is 86.4 Å². The van der Waals surface area contributed by atoms with Gasteiger partial charge < -0.3 is 18.8 Å². The molecule has 0 amide bonds. The maximum absolute atomic E-state index is 13.5. The number of carbonyl (C=O) groups excluding carboxylic acids is 1. The summed E-state index contributed by atoms with van der Waals surface area (Å²) in [6.45, 7) is 4.63. The van der Waals surface area contributed by atoms with Crippen LogP contribution in [0.4, 0.5) is 0 Å². The lowest BCUT2D eigenvalue weighted by atomic mass is 9.70. The summed E-state index contributed by atoms with van der Waals surface area (Å²) in [7, 11) is 3.18. The summed E-state index contributed by atoms with van der Waals surface area (Å²) in [6.07, 6.45) is 2.69. The van der Waals surface area contributed by atoms with Crippen LogP contribution in [0.5, 0.6) is 17.4 Å². The first kappa shape index (κ1) is 22.9. The van der Waals surface area contributed by atoms with E-state index in [1.54, 1.807) is 25.1 Å². The smallest absolute Gasteiger partial charge is 0.228 e. The summed E-state index contributed by atoms with van der Waals surface area (Å²) in [5, 5.41) is 9.13. The van der Waals surface area contributed by atoms with E-state index in [0.717, 1.165) is 11.1 Å². The fourth-order valence-electron chi connectivity index (χ4n) is 5.06. The van der Waals surface area contributed by atoms with E-state index < -0.39 is 5.92 Å². The van der Waals surface area contributed by atoms with Crippen LogP contribution in [0.2, 0.25) is 0 Å². The van der Waals surface area contributed by atoms with Crippen LogP contribution >= 0.6 is 0 Å².